The summed E-state index contributed by atoms with van der Waals surface area (Å²) in [5, 5.41) is 14.4. The lowest BCUT2D eigenvalue weighted by atomic mass is 10.3. The molecular formula is C5H10N2O2S. The second-order valence-electron chi connectivity index (χ2n) is 2.07. The molecule has 0 aliphatic carbocycles. The molecule has 0 radical (unpaired) electrons. The van der Waals surface area contributed by atoms with Crippen LogP contribution in [0, 0.1) is 0 Å². The molecule has 1 rings (SSSR count). The maximum absolute atomic E-state index is 10.7. The highest BCUT2D eigenvalue weighted by Gasteiger charge is 2.22. The van der Waals surface area contributed by atoms with Crippen molar-refractivity contribution in [2.75, 3.05) is 6.26 Å². The van der Waals surface area contributed by atoms with Gasteiger partial charge >= 0.3 is 0 Å². The molecule has 1 fully saturated rings. The summed E-state index contributed by atoms with van der Waals surface area (Å²) in [5.41, 5.74) is -0.142. The number of aliphatic hydroxyl groups is 1. The van der Waals surface area contributed by atoms with Gasteiger partial charge in [0.15, 0.2) is 0 Å². The van der Waals surface area contributed by atoms with Gasteiger partial charge in [0, 0.05) is 0 Å². The van der Waals surface area contributed by atoms with Gasteiger partial charge in [-0.15, -0.1) is 11.8 Å². The van der Waals surface area contributed by atoms with Crippen LogP contribution >= 0.6 is 11.8 Å². The topological polar surface area (TPSA) is 61.4 Å². The number of hydrogen-bond acceptors (Lipinski definition) is 4. The van der Waals surface area contributed by atoms with Gasteiger partial charge in [-0.1, -0.05) is 0 Å². The molecule has 0 aromatic carbocycles. The Balaban J connectivity index is 2.42. The number of hydrogen-bond donors (Lipinski definition) is 3. The first-order chi connectivity index (χ1) is 4.72. The summed E-state index contributed by atoms with van der Waals surface area (Å²) < 4.78 is 0. The number of aliphatic hydroxyl groups excluding tert-OH is 1. The highest BCUT2D eigenvalue weighted by atomic mass is 32.2. The summed E-state index contributed by atoms with van der Waals surface area (Å²) in [7, 11) is 0. The lowest BCUT2D eigenvalue weighted by molar-refractivity contribution is -0.126. The fourth-order valence-corrected chi connectivity index (χ4v) is 1.33. The Bertz CT molecular complexity index is 142. The fourth-order valence-electron chi connectivity index (χ4n) is 0.783. The van der Waals surface area contributed by atoms with E-state index in [1.165, 1.54) is 11.8 Å². The summed E-state index contributed by atoms with van der Waals surface area (Å²) in [6, 6.07) is 0. The summed E-state index contributed by atoms with van der Waals surface area (Å²) >= 11 is 1.45. The first-order valence-electron chi connectivity index (χ1n) is 2.98. The average Bonchev–Trinajstić information content (AvgIpc) is 1.85. The summed E-state index contributed by atoms with van der Waals surface area (Å²) in [5.74, 6) is -0.106. The summed E-state index contributed by atoms with van der Waals surface area (Å²) in [6.07, 6.45) is 1.32. The zero-order chi connectivity index (χ0) is 7.56. The Kier molecular flexibility index (Phi) is 2.53. The first-order valence-corrected chi connectivity index (χ1v) is 4.27. The first kappa shape index (κ1) is 7.84. The van der Waals surface area contributed by atoms with Crippen LogP contribution < -0.4 is 10.6 Å². The maximum atomic E-state index is 10.7. The van der Waals surface area contributed by atoms with E-state index < -0.39 is 6.23 Å². The Morgan fingerprint density at radius 3 is 3.00 bits per heavy atom. The molecule has 58 valence electrons. The molecule has 0 bridgehead atoms. The van der Waals surface area contributed by atoms with Crippen molar-refractivity contribution in [2.24, 2.45) is 0 Å². The lowest BCUT2D eigenvalue weighted by Gasteiger charge is -2.26. The third-order valence-corrected chi connectivity index (χ3v) is 1.98. The highest BCUT2D eigenvalue weighted by molar-refractivity contribution is 7.99. The standard InChI is InChI=1S/C5H10N2O2S/c1-10-5-6-3(8)2-4(9)7-5/h3,5-6,8H,2H2,1H3,(H,7,9). The zero-order valence-electron chi connectivity index (χ0n) is 5.63. The van der Waals surface area contributed by atoms with Gasteiger partial charge in [-0.2, -0.15) is 0 Å². The van der Waals surface area contributed by atoms with Crippen molar-refractivity contribution in [1.82, 2.24) is 10.6 Å². The Labute approximate surface area is 63.4 Å². The largest absolute Gasteiger partial charge is 0.378 e. The number of amides is 1. The molecule has 0 aromatic rings. The van der Waals surface area contributed by atoms with Gasteiger partial charge in [0.05, 0.1) is 6.42 Å². The molecule has 5 heteroatoms. The summed E-state index contributed by atoms with van der Waals surface area (Å²) in [6.45, 7) is 0. The Morgan fingerprint density at radius 1 is 1.80 bits per heavy atom. The molecule has 1 saturated heterocycles. The van der Waals surface area contributed by atoms with Crippen LogP contribution in [0.2, 0.25) is 0 Å². The number of thioether (sulfide) groups is 1. The van der Waals surface area contributed by atoms with E-state index in [4.69, 9.17) is 5.11 Å². The molecule has 2 unspecified atom stereocenters. The van der Waals surface area contributed by atoms with Crippen molar-refractivity contribution in [1.29, 1.82) is 0 Å². The molecular weight excluding hydrogens is 152 g/mol. The lowest BCUT2D eigenvalue weighted by Crippen LogP contribution is -2.54. The van der Waals surface area contributed by atoms with Gasteiger partial charge in [-0.25, -0.2) is 0 Å². The SMILES string of the molecule is CSC1NC(=O)CC(O)N1. The van der Waals surface area contributed by atoms with E-state index in [0.717, 1.165) is 0 Å². The molecule has 1 aliphatic rings. The van der Waals surface area contributed by atoms with Gasteiger partial charge < -0.3 is 10.4 Å². The minimum absolute atomic E-state index is 0.106. The van der Waals surface area contributed by atoms with Crippen LogP contribution in [0.4, 0.5) is 0 Å². The maximum Gasteiger partial charge on any atom is 0.225 e. The number of nitrogens with one attached hydrogen (secondary N) is 2. The van der Waals surface area contributed by atoms with Crippen molar-refractivity contribution < 1.29 is 9.90 Å². The average molecular weight is 162 g/mol. The monoisotopic (exact) mass is 162 g/mol. The molecule has 1 heterocycles. The van der Waals surface area contributed by atoms with Crippen LogP contribution in [0.1, 0.15) is 6.42 Å². The van der Waals surface area contributed by atoms with Gasteiger partial charge in [-0.3, -0.25) is 10.1 Å². The van der Waals surface area contributed by atoms with Gasteiger partial charge in [0.25, 0.3) is 0 Å². The van der Waals surface area contributed by atoms with Crippen LogP contribution in [0.3, 0.4) is 0 Å². The molecule has 3 N–H and O–H groups in total. The number of rotatable bonds is 1. The van der Waals surface area contributed by atoms with Crippen molar-refractivity contribution >= 4 is 17.7 Å². The fraction of sp³-hybridized carbons (Fsp3) is 0.800. The molecule has 10 heavy (non-hydrogen) atoms. The molecule has 0 aromatic heterocycles. The van der Waals surface area contributed by atoms with E-state index in [1.807, 2.05) is 6.26 Å². The second-order valence-corrected chi connectivity index (χ2v) is 3.01. The van der Waals surface area contributed by atoms with Gasteiger partial charge in [-0.05, 0) is 6.26 Å². The van der Waals surface area contributed by atoms with E-state index in [9.17, 15) is 4.79 Å². The van der Waals surface area contributed by atoms with Crippen LogP contribution in [0.25, 0.3) is 0 Å². The molecule has 2 atom stereocenters. The molecule has 0 saturated carbocycles. The Hall–Kier alpha value is -0.260. The van der Waals surface area contributed by atoms with Crippen LogP contribution in [-0.4, -0.2) is 29.0 Å². The number of carbonyl (C=O) groups is 1. The Morgan fingerprint density at radius 2 is 2.50 bits per heavy atom. The minimum Gasteiger partial charge on any atom is -0.378 e. The van der Waals surface area contributed by atoms with Gasteiger partial charge in [0.2, 0.25) is 5.91 Å². The normalized spacial score (nSPS) is 33.6. The third kappa shape index (κ3) is 1.86. The predicted octanol–water partition coefficient (Wildman–Crippen LogP) is -0.939. The van der Waals surface area contributed by atoms with E-state index in [2.05, 4.69) is 10.6 Å². The highest BCUT2D eigenvalue weighted by Crippen LogP contribution is 2.06. The van der Waals surface area contributed by atoms with E-state index >= 15 is 0 Å². The molecule has 0 spiro atoms. The van der Waals surface area contributed by atoms with Crippen molar-refractivity contribution in [2.45, 2.75) is 18.1 Å². The smallest absolute Gasteiger partial charge is 0.225 e. The van der Waals surface area contributed by atoms with Crippen molar-refractivity contribution in [3.05, 3.63) is 0 Å². The van der Waals surface area contributed by atoms with Crippen LogP contribution in [-0.2, 0) is 4.79 Å². The van der Waals surface area contributed by atoms with E-state index in [-0.39, 0.29) is 17.8 Å². The molecule has 1 aliphatic heterocycles. The zero-order valence-corrected chi connectivity index (χ0v) is 6.44. The number of carbonyl (C=O) groups excluding carboxylic acids is 1. The van der Waals surface area contributed by atoms with Gasteiger partial charge in [0.1, 0.15) is 11.7 Å². The summed E-state index contributed by atoms with van der Waals surface area (Å²) in [4.78, 5) is 10.7. The third-order valence-electron chi connectivity index (χ3n) is 1.25. The second kappa shape index (κ2) is 3.23. The van der Waals surface area contributed by atoms with Crippen LogP contribution in [0.5, 0.6) is 0 Å². The quantitative estimate of drug-likeness (QED) is 0.466. The van der Waals surface area contributed by atoms with Crippen LogP contribution in [0.15, 0.2) is 0 Å². The van der Waals surface area contributed by atoms with Crippen molar-refractivity contribution in [3.63, 3.8) is 0 Å². The minimum atomic E-state index is -0.689. The molecule has 1 amide bonds. The van der Waals surface area contributed by atoms with Crippen molar-refractivity contribution in [3.8, 4) is 0 Å². The predicted molar refractivity (Wildman–Crippen MR) is 39.2 cm³/mol. The van der Waals surface area contributed by atoms with E-state index in [0.29, 0.717) is 0 Å². The van der Waals surface area contributed by atoms with E-state index in [1.54, 1.807) is 0 Å². The molecule has 4 nitrogen and oxygen atoms in total.